The Kier molecular flexibility index (Phi) is 4.23. The standard InChI is InChI=1S/C18H29N3/c1-15-8-9-16-6-4-5-7-17(16)21(15)14-18(2,3)20-12-10-19-11-13-20/h4-7,15,19H,8-14H2,1-3H3. The van der Waals surface area contributed by atoms with E-state index in [4.69, 9.17) is 0 Å². The first-order valence-electron chi connectivity index (χ1n) is 8.38. The molecular weight excluding hydrogens is 258 g/mol. The van der Waals surface area contributed by atoms with Crippen LogP contribution < -0.4 is 10.2 Å². The Hall–Kier alpha value is -1.06. The highest BCUT2D eigenvalue weighted by Gasteiger charge is 2.33. The molecule has 0 aliphatic carbocycles. The van der Waals surface area contributed by atoms with Gasteiger partial charge in [-0.3, -0.25) is 4.90 Å². The van der Waals surface area contributed by atoms with E-state index in [1.54, 1.807) is 0 Å². The highest BCUT2D eigenvalue weighted by molar-refractivity contribution is 5.56. The summed E-state index contributed by atoms with van der Waals surface area (Å²) in [6.45, 7) is 12.9. The van der Waals surface area contributed by atoms with Crippen LogP contribution >= 0.6 is 0 Å². The average Bonchev–Trinajstić information content (AvgIpc) is 2.51. The molecule has 1 aromatic carbocycles. The van der Waals surface area contributed by atoms with Crippen molar-refractivity contribution < 1.29 is 0 Å². The van der Waals surface area contributed by atoms with Crippen LogP contribution in [0.4, 0.5) is 5.69 Å². The van der Waals surface area contributed by atoms with E-state index in [1.807, 2.05) is 0 Å². The number of nitrogens with zero attached hydrogens (tertiary/aromatic N) is 2. The summed E-state index contributed by atoms with van der Waals surface area (Å²) in [5, 5.41) is 3.46. The molecule has 2 aliphatic rings. The summed E-state index contributed by atoms with van der Waals surface area (Å²) in [6, 6.07) is 9.60. The van der Waals surface area contributed by atoms with Crippen LogP contribution in [-0.4, -0.2) is 49.2 Å². The average molecular weight is 287 g/mol. The molecule has 1 fully saturated rings. The van der Waals surface area contributed by atoms with E-state index < -0.39 is 0 Å². The number of hydrogen-bond donors (Lipinski definition) is 1. The minimum atomic E-state index is 0.223. The summed E-state index contributed by atoms with van der Waals surface area (Å²) in [4.78, 5) is 5.29. The van der Waals surface area contributed by atoms with Gasteiger partial charge < -0.3 is 10.2 Å². The van der Waals surface area contributed by atoms with Crippen molar-refractivity contribution in [2.24, 2.45) is 0 Å². The van der Waals surface area contributed by atoms with Crippen molar-refractivity contribution in [3.05, 3.63) is 29.8 Å². The van der Waals surface area contributed by atoms with Crippen molar-refractivity contribution in [2.75, 3.05) is 37.6 Å². The summed E-state index contributed by atoms with van der Waals surface area (Å²) in [6.07, 6.45) is 2.50. The van der Waals surface area contributed by atoms with Gasteiger partial charge in [-0.2, -0.15) is 0 Å². The fourth-order valence-electron chi connectivity index (χ4n) is 3.79. The molecule has 21 heavy (non-hydrogen) atoms. The molecule has 3 nitrogen and oxygen atoms in total. The number of nitrogens with one attached hydrogen (secondary N) is 1. The Morgan fingerprint density at radius 3 is 2.67 bits per heavy atom. The number of fused-ring (bicyclic) bond motifs is 1. The number of benzene rings is 1. The van der Waals surface area contributed by atoms with Crippen LogP contribution in [0.15, 0.2) is 24.3 Å². The lowest BCUT2D eigenvalue weighted by molar-refractivity contribution is 0.106. The molecule has 0 radical (unpaired) electrons. The van der Waals surface area contributed by atoms with Crippen molar-refractivity contribution in [1.82, 2.24) is 10.2 Å². The van der Waals surface area contributed by atoms with Gasteiger partial charge in [0, 0.05) is 50.0 Å². The molecule has 116 valence electrons. The monoisotopic (exact) mass is 287 g/mol. The first-order valence-corrected chi connectivity index (χ1v) is 8.38. The Morgan fingerprint density at radius 1 is 1.19 bits per heavy atom. The number of piperazine rings is 1. The summed E-state index contributed by atoms with van der Waals surface area (Å²) in [5.74, 6) is 0. The van der Waals surface area contributed by atoms with Crippen molar-refractivity contribution in [3.63, 3.8) is 0 Å². The minimum Gasteiger partial charge on any atom is -0.367 e. The highest BCUT2D eigenvalue weighted by Crippen LogP contribution is 2.32. The van der Waals surface area contributed by atoms with Crippen molar-refractivity contribution in [1.29, 1.82) is 0 Å². The number of aryl methyl sites for hydroxylation is 1. The van der Waals surface area contributed by atoms with E-state index in [0.717, 1.165) is 32.7 Å². The summed E-state index contributed by atoms with van der Waals surface area (Å²) in [5.41, 5.74) is 3.20. The Labute approximate surface area is 129 Å². The summed E-state index contributed by atoms with van der Waals surface area (Å²) >= 11 is 0. The third kappa shape index (κ3) is 3.09. The molecule has 0 spiro atoms. The number of hydrogen-bond acceptors (Lipinski definition) is 3. The van der Waals surface area contributed by atoms with E-state index >= 15 is 0 Å². The molecule has 1 unspecified atom stereocenters. The largest absolute Gasteiger partial charge is 0.367 e. The molecule has 2 aliphatic heterocycles. The fourth-order valence-corrected chi connectivity index (χ4v) is 3.79. The third-order valence-corrected chi connectivity index (χ3v) is 5.19. The van der Waals surface area contributed by atoms with E-state index in [9.17, 15) is 0 Å². The summed E-state index contributed by atoms with van der Waals surface area (Å²) in [7, 11) is 0. The molecule has 0 bridgehead atoms. The van der Waals surface area contributed by atoms with Gasteiger partial charge in [0.2, 0.25) is 0 Å². The molecule has 3 heteroatoms. The molecule has 1 N–H and O–H groups in total. The maximum absolute atomic E-state index is 3.46. The molecular formula is C18H29N3. The molecule has 2 heterocycles. The lowest BCUT2D eigenvalue weighted by Crippen LogP contribution is -2.59. The lowest BCUT2D eigenvalue weighted by atomic mass is 9.93. The maximum Gasteiger partial charge on any atom is 0.0401 e. The van der Waals surface area contributed by atoms with Crippen LogP contribution in [0.2, 0.25) is 0 Å². The normalized spacial score (nSPS) is 24.0. The van der Waals surface area contributed by atoms with Crippen molar-refractivity contribution in [3.8, 4) is 0 Å². The zero-order valence-corrected chi connectivity index (χ0v) is 13.7. The zero-order chi connectivity index (χ0) is 14.9. The van der Waals surface area contributed by atoms with E-state index in [1.165, 1.54) is 24.1 Å². The van der Waals surface area contributed by atoms with Gasteiger partial charge in [0.1, 0.15) is 0 Å². The fraction of sp³-hybridized carbons (Fsp3) is 0.667. The molecule has 3 rings (SSSR count). The number of rotatable bonds is 3. The van der Waals surface area contributed by atoms with Gasteiger partial charge >= 0.3 is 0 Å². The molecule has 1 atom stereocenters. The number of para-hydroxylation sites is 1. The first-order chi connectivity index (χ1) is 10.1. The molecule has 0 aromatic heterocycles. The predicted octanol–water partition coefficient (Wildman–Crippen LogP) is 2.51. The molecule has 0 saturated carbocycles. The second-order valence-corrected chi connectivity index (χ2v) is 7.19. The first kappa shape index (κ1) is 14.9. The van der Waals surface area contributed by atoms with Gasteiger partial charge in [-0.15, -0.1) is 0 Å². The van der Waals surface area contributed by atoms with Crippen molar-refractivity contribution >= 4 is 5.69 Å². The quantitative estimate of drug-likeness (QED) is 0.921. The predicted molar refractivity (Wildman–Crippen MR) is 90.1 cm³/mol. The van der Waals surface area contributed by atoms with Crippen LogP contribution in [0.25, 0.3) is 0 Å². The third-order valence-electron chi connectivity index (χ3n) is 5.19. The lowest BCUT2D eigenvalue weighted by Gasteiger charge is -2.47. The van der Waals surface area contributed by atoms with Gasteiger partial charge in [0.05, 0.1) is 0 Å². The second-order valence-electron chi connectivity index (χ2n) is 7.19. The Bertz CT molecular complexity index is 477. The molecule has 0 amide bonds. The second kappa shape index (κ2) is 5.98. The van der Waals surface area contributed by atoms with Gasteiger partial charge in [-0.25, -0.2) is 0 Å². The van der Waals surface area contributed by atoms with Gasteiger partial charge in [0.15, 0.2) is 0 Å². The molecule has 1 saturated heterocycles. The number of anilines is 1. The van der Waals surface area contributed by atoms with Crippen LogP contribution in [0, 0.1) is 0 Å². The van der Waals surface area contributed by atoms with Crippen molar-refractivity contribution in [2.45, 2.75) is 45.2 Å². The minimum absolute atomic E-state index is 0.223. The Morgan fingerprint density at radius 2 is 1.90 bits per heavy atom. The van der Waals surface area contributed by atoms with Gasteiger partial charge in [0.25, 0.3) is 0 Å². The summed E-state index contributed by atoms with van der Waals surface area (Å²) < 4.78 is 0. The van der Waals surface area contributed by atoms with Crippen LogP contribution in [0.1, 0.15) is 32.8 Å². The van der Waals surface area contributed by atoms with Crippen LogP contribution in [0.3, 0.4) is 0 Å². The van der Waals surface area contributed by atoms with Crippen LogP contribution in [-0.2, 0) is 6.42 Å². The van der Waals surface area contributed by atoms with E-state index in [-0.39, 0.29) is 5.54 Å². The smallest absolute Gasteiger partial charge is 0.0401 e. The topological polar surface area (TPSA) is 18.5 Å². The van der Waals surface area contributed by atoms with E-state index in [0.29, 0.717) is 6.04 Å². The Balaban J connectivity index is 1.79. The zero-order valence-electron chi connectivity index (χ0n) is 13.7. The van der Waals surface area contributed by atoms with E-state index in [2.05, 4.69) is 60.2 Å². The molecule has 1 aromatic rings. The maximum atomic E-state index is 3.46. The van der Waals surface area contributed by atoms with Gasteiger partial charge in [-0.05, 0) is 45.2 Å². The van der Waals surface area contributed by atoms with Crippen LogP contribution in [0.5, 0.6) is 0 Å². The highest BCUT2D eigenvalue weighted by atomic mass is 15.3. The van der Waals surface area contributed by atoms with Gasteiger partial charge in [-0.1, -0.05) is 18.2 Å². The SMILES string of the molecule is CC1CCc2ccccc2N1CC(C)(C)N1CCNCC1.